The van der Waals surface area contributed by atoms with Crippen LogP contribution in [-0.2, 0) is 0 Å². The first kappa shape index (κ1) is 9.01. The van der Waals surface area contributed by atoms with Gasteiger partial charge in [-0.2, -0.15) is 13.2 Å². The van der Waals surface area contributed by atoms with E-state index in [4.69, 9.17) is 0 Å². The lowest BCUT2D eigenvalue weighted by Crippen LogP contribution is -2.11. The standard InChI is InChI=1S/C5H10F3Si/c1-9(2)4-3-5(6,7)8/h3-4H2,1-2H3. The molecule has 1 radical (unpaired) electrons. The Morgan fingerprint density at radius 2 is 1.67 bits per heavy atom. The van der Waals surface area contributed by atoms with Gasteiger partial charge in [-0.25, -0.2) is 0 Å². The van der Waals surface area contributed by atoms with Crippen LogP contribution in [0, 0.1) is 0 Å². The summed E-state index contributed by atoms with van der Waals surface area (Å²) in [4.78, 5) is 0. The van der Waals surface area contributed by atoms with Crippen LogP contribution in [0.3, 0.4) is 0 Å². The molecule has 0 fully saturated rings. The van der Waals surface area contributed by atoms with E-state index >= 15 is 0 Å². The Morgan fingerprint density at radius 3 is 1.78 bits per heavy atom. The second-order valence-corrected chi connectivity index (χ2v) is 5.24. The maximum atomic E-state index is 11.4. The highest BCUT2D eigenvalue weighted by atomic mass is 28.3. The van der Waals surface area contributed by atoms with Crippen molar-refractivity contribution >= 4 is 8.80 Å². The quantitative estimate of drug-likeness (QED) is 0.538. The van der Waals surface area contributed by atoms with E-state index in [1.807, 2.05) is 13.1 Å². The zero-order chi connectivity index (χ0) is 7.49. The van der Waals surface area contributed by atoms with Crippen molar-refractivity contribution in [1.29, 1.82) is 0 Å². The third-order valence-corrected chi connectivity index (χ3v) is 2.16. The van der Waals surface area contributed by atoms with Crippen LogP contribution in [0.15, 0.2) is 0 Å². The molecule has 0 N–H and O–H groups in total. The number of hydrogen-bond acceptors (Lipinski definition) is 0. The average Bonchev–Trinajstić information content (AvgIpc) is 1.59. The summed E-state index contributed by atoms with van der Waals surface area (Å²) in [5.74, 6) is 0. The number of halogens is 3. The lowest BCUT2D eigenvalue weighted by Gasteiger charge is -2.05. The Bertz CT molecular complexity index is 76.8. The molecule has 0 aromatic heterocycles. The minimum absolute atomic E-state index is 0.341. The highest BCUT2D eigenvalue weighted by Gasteiger charge is 2.26. The highest BCUT2D eigenvalue weighted by molar-refractivity contribution is 6.55. The Balaban J connectivity index is 3.28. The summed E-state index contributed by atoms with van der Waals surface area (Å²) in [6.45, 7) is 3.77. The fraction of sp³-hybridized carbons (Fsp3) is 1.00. The van der Waals surface area contributed by atoms with Crippen molar-refractivity contribution in [1.82, 2.24) is 0 Å². The van der Waals surface area contributed by atoms with E-state index in [1.165, 1.54) is 0 Å². The molecule has 4 heteroatoms. The van der Waals surface area contributed by atoms with Crippen LogP contribution in [-0.4, -0.2) is 15.0 Å². The molecule has 0 aliphatic carbocycles. The molecule has 0 aromatic rings. The molecule has 0 heterocycles. The number of alkyl halides is 3. The van der Waals surface area contributed by atoms with Gasteiger partial charge in [-0.3, -0.25) is 0 Å². The summed E-state index contributed by atoms with van der Waals surface area (Å²) in [7, 11) is -0.688. The first-order chi connectivity index (χ1) is 3.92. The molecule has 55 valence electrons. The molecular formula is C5H10F3Si. The summed E-state index contributed by atoms with van der Waals surface area (Å²) < 4.78 is 34.3. The van der Waals surface area contributed by atoms with Gasteiger partial charge >= 0.3 is 6.18 Å². The zero-order valence-electron chi connectivity index (χ0n) is 5.55. The summed E-state index contributed by atoms with van der Waals surface area (Å²) in [5.41, 5.74) is 0. The topological polar surface area (TPSA) is 0 Å². The van der Waals surface area contributed by atoms with Crippen molar-refractivity contribution in [3.63, 3.8) is 0 Å². The van der Waals surface area contributed by atoms with Crippen LogP contribution in [0.25, 0.3) is 0 Å². The summed E-state index contributed by atoms with van der Waals surface area (Å²) in [6.07, 6.45) is -4.55. The second kappa shape index (κ2) is 3.24. The maximum Gasteiger partial charge on any atom is 0.388 e. The highest BCUT2D eigenvalue weighted by Crippen LogP contribution is 2.22. The second-order valence-electron chi connectivity index (χ2n) is 2.32. The van der Waals surface area contributed by atoms with Crippen molar-refractivity contribution in [3.8, 4) is 0 Å². The van der Waals surface area contributed by atoms with Gasteiger partial charge in [-0.15, -0.1) is 0 Å². The first-order valence-electron chi connectivity index (χ1n) is 2.77. The largest absolute Gasteiger partial charge is 0.388 e. The smallest absolute Gasteiger partial charge is 0.171 e. The molecule has 9 heavy (non-hydrogen) atoms. The van der Waals surface area contributed by atoms with Gasteiger partial charge in [0, 0.05) is 15.2 Å². The lowest BCUT2D eigenvalue weighted by atomic mass is 10.5. The molecule has 0 spiro atoms. The molecule has 0 rings (SSSR count). The van der Waals surface area contributed by atoms with Crippen molar-refractivity contribution in [2.24, 2.45) is 0 Å². The van der Waals surface area contributed by atoms with Gasteiger partial charge in [0.05, 0.1) is 0 Å². The van der Waals surface area contributed by atoms with Crippen LogP contribution >= 0.6 is 0 Å². The van der Waals surface area contributed by atoms with E-state index < -0.39 is 21.4 Å². The van der Waals surface area contributed by atoms with Gasteiger partial charge in [-0.1, -0.05) is 19.1 Å². The van der Waals surface area contributed by atoms with Crippen molar-refractivity contribution in [2.45, 2.75) is 31.7 Å². The molecule has 0 amide bonds. The molecule has 0 nitrogen and oxygen atoms in total. The molecule has 0 bridgehead atoms. The van der Waals surface area contributed by atoms with Gasteiger partial charge in [0.25, 0.3) is 0 Å². The third kappa shape index (κ3) is 8.01. The monoisotopic (exact) mass is 155 g/mol. The predicted octanol–water partition coefficient (Wildman–Crippen LogP) is 2.69. The molecule has 0 aliphatic rings. The van der Waals surface area contributed by atoms with E-state index in [0.717, 1.165) is 0 Å². The van der Waals surface area contributed by atoms with E-state index in [-0.39, 0.29) is 0 Å². The molecule has 0 atom stereocenters. The Kier molecular flexibility index (Phi) is 3.25. The van der Waals surface area contributed by atoms with Crippen LogP contribution in [0.5, 0.6) is 0 Å². The van der Waals surface area contributed by atoms with Crippen molar-refractivity contribution < 1.29 is 13.2 Å². The van der Waals surface area contributed by atoms with Crippen LogP contribution in [0.2, 0.25) is 19.1 Å². The van der Waals surface area contributed by atoms with E-state index in [9.17, 15) is 13.2 Å². The van der Waals surface area contributed by atoms with Gasteiger partial charge < -0.3 is 0 Å². The first-order valence-corrected chi connectivity index (χ1v) is 5.48. The van der Waals surface area contributed by atoms with Crippen LogP contribution in [0.4, 0.5) is 13.2 Å². The van der Waals surface area contributed by atoms with Gasteiger partial charge in [-0.05, 0) is 0 Å². The third-order valence-electron chi connectivity index (χ3n) is 0.908. The zero-order valence-corrected chi connectivity index (χ0v) is 6.55. The molecule has 0 saturated heterocycles. The minimum Gasteiger partial charge on any atom is -0.171 e. The minimum atomic E-state index is -3.94. The predicted molar refractivity (Wildman–Crippen MR) is 33.0 cm³/mol. The maximum absolute atomic E-state index is 11.4. The fourth-order valence-electron chi connectivity index (χ4n) is 0.392. The lowest BCUT2D eigenvalue weighted by molar-refractivity contribution is -0.130. The molecule has 0 aromatic carbocycles. The summed E-state index contributed by atoms with van der Waals surface area (Å²) >= 11 is 0. The van der Waals surface area contributed by atoms with Crippen molar-refractivity contribution in [3.05, 3.63) is 0 Å². The van der Waals surface area contributed by atoms with Crippen molar-refractivity contribution in [2.75, 3.05) is 0 Å². The average molecular weight is 155 g/mol. The van der Waals surface area contributed by atoms with Gasteiger partial charge in [0.15, 0.2) is 0 Å². The van der Waals surface area contributed by atoms with E-state index in [2.05, 4.69) is 0 Å². The molecule has 0 unspecified atom stereocenters. The normalized spacial score (nSPS) is 12.7. The molecular weight excluding hydrogens is 145 g/mol. The van der Waals surface area contributed by atoms with Crippen LogP contribution in [0.1, 0.15) is 6.42 Å². The van der Waals surface area contributed by atoms with Gasteiger partial charge in [0.1, 0.15) is 0 Å². The summed E-state index contributed by atoms with van der Waals surface area (Å²) in [5, 5.41) is 0. The fourth-order valence-corrected chi connectivity index (χ4v) is 1.18. The Hall–Kier alpha value is 0.00688. The SMILES string of the molecule is C[Si](C)CCC(F)(F)F. The van der Waals surface area contributed by atoms with E-state index in [1.54, 1.807) is 0 Å². The number of hydrogen-bond donors (Lipinski definition) is 0. The Labute approximate surface area is 54.7 Å². The number of rotatable bonds is 2. The van der Waals surface area contributed by atoms with Gasteiger partial charge in [0.2, 0.25) is 0 Å². The molecule has 0 saturated carbocycles. The summed E-state index contributed by atoms with van der Waals surface area (Å²) in [6, 6.07) is 0.341. The van der Waals surface area contributed by atoms with E-state index in [0.29, 0.717) is 6.04 Å². The Morgan fingerprint density at radius 1 is 1.22 bits per heavy atom. The molecule has 0 aliphatic heterocycles. The van der Waals surface area contributed by atoms with Crippen LogP contribution < -0.4 is 0 Å².